The van der Waals surface area contributed by atoms with Gasteiger partial charge < -0.3 is 0 Å². The first kappa shape index (κ1) is 60.3. The molecule has 13 saturated carbocycles. The van der Waals surface area contributed by atoms with Gasteiger partial charge in [-0.05, 0) is 259 Å². The van der Waals surface area contributed by atoms with Crippen molar-refractivity contribution >= 4 is 5.78 Å². The van der Waals surface area contributed by atoms with Crippen LogP contribution in [-0.4, -0.2) is 5.78 Å². The number of carbonyl (C=O) groups is 1. The molecule has 0 aliphatic heterocycles. The zero-order valence-corrected chi connectivity index (χ0v) is 54.0. The molecule has 0 aromatic heterocycles. The first-order chi connectivity index (χ1) is 33.7. The molecule has 0 saturated heterocycles. The number of hydrogen-bond donors (Lipinski definition) is 0. The Kier molecular flexibility index (Phi) is 18.1. The Morgan fingerprint density at radius 3 is 0.781 bits per heavy atom. The third-order valence-electron chi connectivity index (χ3n) is 31.4. The van der Waals surface area contributed by atoms with Gasteiger partial charge in [0.1, 0.15) is 5.78 Å². The molecule has 13 aliphatic rings. The Balaban J connectivity index is 0.000000134. The maximum absolute atomic E-state index is 13.8. The van der Waals surface area contributed by atoms with Gasteiger partial charge in [0, 0.05) is 10.8 Å². The van der Waals surface area contributed by atoms with E-state index in [9.17, 15) is 4.79 Å². The molecule has 73 heavy (non-hydrogen) atoms. The van der Waals surface area contributed by atoms with E-state index in [0.29, 0.717) is 10.8 Å². The highest BCUT2D eigenvalue weighted by atomic mass is 16.1. The first-order valence-electron chi connectivity index (χ1n) is 33.3. The minimum atomic E-state index is 0.129. The van der Waals surface area contributed by atoms with Crippen molar-refractivity contribution in [2.75, 3.05) is 0 Å². The van der Waals surface area contributed by atoms with Crippen LogP contribution in [0.4, 0.5) is 0 Å². The van der Waals surface area contributed by atoms with Crippen molar-refractivity contribution in [1.82, 2.24) is 0 Å². The fraction of sp³-hybridized carbons (Fsp3) is 0.986. The molecule has 0 heterocycles. The number of Topliss-reactive ketones (excluding diaryl/α,β-unsaturated/α-hetero) is 1. The summed E-state index contributed by atoms with van der Waals surface area (Å²) in [5.41, 5.74) is 1.40. The van der Waals surface area contributed by atoms with Gasteiger partial charge in [-0.1, -0.05) is 180 Å². The molecule has 13 rings (SSSR count). The summed E-state index contributed by atoms with van der Waals surface area (Å²) in [4.78, 5) is 13.8. The van der Waals surface area contributed by atoms with E-state index in [4.69, 9.17) is 0 Å². The van der Waals surface area contributed by atoms with Crippen LogP contribution in [0.3, 0.4) is 0 Å². The lowest BCUT2D eigenvalue weighted by Crippen LogP contribution is -2.56. The zero-order valence-electron chi connectivity index (χ0n) is 54.0. The predicted octanol–water partition coefficient (Wildman–Crippen LogP) is 20.9. The summed E-state index contributed by atoms with van der Waals surface area (Å²) in [7, 11) is 0. The van der Waals surface area contributed by atoms with E-state index in [-0.39, 0.29) is 10.8 Å². The number of fused-ring (bicyclic) bond motifs is 11. The van der Waals surface area contributed by atoms with E-state index >= 15 is 0 Å². The molecule has 0 aromatic carbocycles. The van der Waals surface area contributed by atoms with Crippen LogP contribution in [0.5, 0.6) is 0 Å². The van der Waals surface area contributed by atoms with Crippen molar-refractivity contribution in [3.05, 3.63) is 0 Å². The second kappa shape index (κ2) is 22.0. The molecule has 22 unspecified atom stereocenters. The van der Waals surface area contributed by atoms with Crippen LogP contribution < -0.4 is 0 Å². The predicted molar refractivity (Wildman–Crippen MR) is 318 cm³/mol. The van der Waals surface area contributed by atoms with E-state index in [2.05, 4.69) is 180 Å². The third-order valence-corrected chi connectivity index (χ3v) is 31.4. The Morgan fingerprint density at radius 2 is 0.562 bits per heavy atom. The number of rotatable bonds is 0. The molecule has 0 radical (unpaired) electrons. The quantitative estimate of drug-likeness (QED) is 0.236. The van der Waals surface area contributed by atoms with Crippen molar-refractivity contribution in [3.8, 4) is 0 Å². The molecule has 8 bridgehead atoms. The summed E-state index contributed by atoms with van der Waals surface area (Å²) < 4.78 is 0. The van der Waals surface area contributed by atoms with Gasteiger partial charge in [-0.25, -0.2) is 0 Å². The molecule has 0 amide bonds. The van der Waals surface area contributed by atoms with Crippen LogP contribution in [0.1, 0.15) is 251 Å². The second-order valence-electron chi connectivity index (χ2n) is 33.4. The highest BCUT2D eigenvalue weighted by Gasteiger charge is 2.72. The van der Waals surface area contributed by atoms with Crippen LogP contribution in [0.2, 0.25) is 0 Å². The summed E-state index contributed by atoms with van der Waals surface area (Å²) in [5, 5.41) is 0. The fourth-order valence-corrected chi connectivity index (χ4v) is 22.7. The lowest BCUT2D eigenvalue weighted by Gasteiger charge is -2.62. The molecule has 0 aromatic rings. The van der Waals surface area contributed by atoms with Crippen molar-refractivity contribution in [3.63, 3.8) is 0 Å². The first-order valence-corrected chi connectivity index (χ1v) is 33.3. The standard InChI is InChI=1S/C21H32O.C12H22.C11H20.2C10H20.C8H16/c1-11-13(3)17-7-15(11)9-20(17)5-6-21(19(20)22)10-16-8-18(21)14(4)12(16)2;1-7-8(2)12-6-5-11(7)9(3)10(12)4;1-6-7(2)11-5-10(6)8(3)9(11)4;1-7-9(3,4)8(2)10(7,5)6;1-7-5-9(3)10(4)6-8(7)2;1-5-6(2)8(4)7(5)3/h11-18H,5-10H2,1-4H3;7-12H,5-6H2,1-4H3;6-11H,5H2,1-4H3;7-8H,1-6H3;7-10H,5-6H2,1-4H3;5-8H,1-4H3. The molecular weight excluding hydrogens is 881 g/mol. The highest BCUT2D eigenvalue weighted by molar-refractivity contribution is 5.94. The fourth-order valence-electron chi connectivity index (χ4n) is 22.7. The van der Waals surface area contributed by atoms with Crippen LogP contribution in [0.15, 0.2) is 0 Å². The maximum atomic E-state index is 13.8. The van der Waals surface area contributed by atoms with E-state index in [0.717, 1.165) is 183 Å². The molecule has 13 fully saturated rings. The topological polar surface area (TPSA) is 17.1 Å². The molecule has 1 nitrogen and oxygen atoms in total. The normalized spacial score (nSPS) is 57.5. The van der Waals surface area contributed by atoms with Gasteiger partial charge >= 0.3 is 0 Å². The van der Waals surface area contributed by atoms with Crippen LogP contribution in [0.25, 0.3) is 0 Å². The Labute approximate surface area is 458 Å². The SMILES string of the molecule is CC1C(C)(C)C(C)C1(C)C.CC1C(C)C(C)C1C.CC1C(C)C2CC1C(C)C2C.CC1C(C)C2CCC1C(C)C2C.CC1C2CC(C1C)C1(CCC3(CC4CC3C(C)C4C)C1=O)C2.CC1CC(C)C(C)CC1C. The summed E-state index contributed by atoms with van der Waals surface area (Å²) in [6.07, 6.45) is 15.2. The largest absolute Gasteiger partial charge is 0.298 e. The average Bonchev–Trinajstić information content (AvgIpc) is 4.23. The van der Waals surface area contributed by atoms with Crippen molar-refractivity contribution in [1.29, 1.82) is 0 Å². The van der Waals surface area contributed by atoms with Crippen LogP contribution >= 0.6 is 0 Å². The van der Waals surface area contributed by atoms with Crippen LogP contribution in [0, 0.1) is 199 Å². The Bertz CT molecular complexity index is 1630. The summed E-state index contributed by atoms with van der Waals surface area (Å²) in [6.45, 7) is 62.8. The van der Waals surface area contributed by atoms with Crippen molar-refractivity contribution < 1.29 is 4.79 Å². The average molecular weight is 1010 g/mol. The molecule has 0 N–H and O–H groups in total. The number of ketones is 1. The van der Waals surface area contributed by atoms with Gasteiger partial charge in [0.15, 0.2) is 0 Å². The summed E-state index contributed by atoms with van der Waals surface area (Å²) in [5.74, 6) is 28.9. The van der Waals surface area contributed by atoms with Crippen LogP contribution in [-0.2, 0) is 4.79 Å². The minimum absolute atomic E-state index is 0.129. The van der Waals surface area contributed by atoms with Crippen molar-refractivity contribution in [2.24, 2.45) is 199 Å². The Hall–Kier alpha value is -0.330. The molecule has 424 valence electrons. The molecule has 1 heteroatoms. The molecule has 13 aliphatic carbocycles. The molecule has 22 atom stereocenters. The monoisotopic (exact) mass is 1010 g/mol. The van der Waals surface area contributed by atoms with E-state index < -0.39 is 0 Å². The summed E-state index contributed by atoms with van der Waals surface area (Å²) in [6, 6.07) is 0. The zero-order chi connectivity index (χ0) is 54.7. The van der Waals surface area contributed by atoms with Gasteiger partial charge in [-0.15, -0.1) is 0 Å². The Morgan fingerprint density at radius 1 is 0.301 bits per heavy atom. The van der Waals surface area contributed by atoms with E-state index in [1.807, 2.05) is 0 Å². The van der Waals surface area contributed by atoms with Gasteiger partial charge in [-0.3, -0.25) is 4.79 Å². The van der Waals surface area contributed by atoms with Gasteiger partial charge in [0.05, 0.1) is 0 Å². The smallest absolute Gasteiger partial charge is 0.145 e. The number of hydrogen-bond acceptors (Lipinski definition) is 1. The van der Waals surface area contributed by atoms with Crippen molar-refractivity contribution in [2.45, 2.75) is 251 Å². The second-order valence-corrected chi connectivity index (χ2v) is 33.4. The molecular formula is C72H130O. The third kappa shape index (κ3) is 10.1. The van der Waals surface area contributed by atoms with Gasteiger partial charge in [0.2, 0.25) is 0 Å². The van der Waals surface area contributed by atoms with E-state index in [1.165, 1.54) is 70.6 Å². The maximum Gasteiger partial charge on any atom is 0.145 e. The van der Waals surface area contributed by atoms with Gasteiger partial charge in [-0.2, -0.15) is 0 Å². The highest BCUT2D eigenvalue weighted by Crippen LogP contribution is 2.74. The van der Waals surface area contributed by atoms with E-state index in [1.54, 1.807) is 0 Å². The lowest BCUT2D eigenvalue weighted by molar-refractivity contribution is -0.142. The molecule has 2 spiro atoms. The summed E-state index contributed by atoms with van der Waals surface area (Å²) >= 11 is 0. The lowest BCUT2D eigenvalue weighted by atomic mass is 9.42. The van der Waals surface area contributed by atoms with Gasteiger partial charge in [0.25, 0.3) is 0 Å². The minimum Gasteiger partial charge on any atom is -0.298 e. The number of carbonyl (C=O) groups excluding carboxylic acids is 1.